The van der Waals surface area contributed by atoms with Gasteiger partial charge in [-0.05, 0) is 62.1 Å². The maximum Gasteiger partial charge on any atom is 0.261 e. The van der Waals surface area contributed by atoms with Crippen molar-refractivity contribution in [3.63, 3.8) is 0 Å². The lowest BCUT2D eigenvalue weighted by Crippen LogP contribution is -3.11. The van der Waals surface area contributed by atoms with Gasteiger partial charge in [-0.25, -0.2) is 10.1 Å². The number of hydrogen-bond acceptors (Lipinski definition) is 5. The molecule has 1 fully saturated rings. The van der Waals surface area contributed by atoms with Gasteiger partial charge in [0, 0.05) is 5.56 Å². The van der Waals surface area contributed by atoms with Gasteiger partial charge >= 0.3 is 0 Å². The zero-order valence-corrected chi connectivity index (χ0v) is 17.1. The Hall–Kier alpha value is -3.26. The van der Waals surface area contributed by atoms with Crippen molar-refractivity contribution in [3.8, 4) is 5.75 Å². The molecular formula is C22H27N6O2+. The third-order valence-electron chi connectivity index (χ3n) is 5.56. The first-order valence-electron chi connectivity index (χ1n) is 10.4. The number of piperidine rings is 1. The highest BCUT2D eigenvalue weighted by Crippen LogP contribution is 2.18. The Morgan fingerprint density at radius 1 is 1.20 bits per heavy atom. The average Bonchev–Trinajstić information content (AvgIpc) is 3.17. The number of hydrazone groups is 1. The van der Waals surface area contributed by atoms with Crippen molar-refractivity contribution in [1.29, 1.82) is 0 Å². The molecule has 0 unspecified atom stereocenters. The number of aromatic nitrogens is 3. The van der Waals surface area contributed by atoms with E-state index >= 15 is 0 Å². The lowest BCUT2D eigenvalue weighted by molar-refractivity contribution is -0.918. The summed E-state index contributed by atoms with van der Waals surface area (Å²) in [6, 6.07) is 13.0. The number of amides is 1. The molecule has 3 aromatic rings. The lowest BCUT2D eigenvalue weighted by atomic mass is 10.0. The van der Waals surface area contributed by atoms with Crippen LogP contribution in [0.25, 0.3) is 11.0 Å². The molecule has 1 saturated heterocycles. The first-order valence-corrected chi connectivity index (χ1v) is 10.4. The number of aromatic hydroxyl groups is 1. The number of benzene rings is 2. The van der Waals surface area contributed by atoms with Crippen molar-refractivity contribution in [2.45, 2.75) is 39.3 Å². The van der Waals surface area contributed by atoms with Crippen molar-refractivity contribution in [2.24, 2.45) is 5.10 Å². The summed E-state index contributed by atoms with van der Waals surface area (Å²) < 4.78 is 1.55. The molecule has 0 radical (unpaired) electrons. The van der Waals surface area contributed by atoms with E-state index in [0.717, 1.165) is 41.8 Å². The van der Waals surface area contributed by atoms with Crippen molar-refractivity contribution in [2.75, 3.05) is 13.1 Å². The minimum absolute atomic E-state index is 0.0381. The molecule has 0 bridgehead atoms. The number of rotatable bonds is 6. The number of quaternary nitrogens is 1. The second kappa shape index (κ2) is 9.04. The first-order chi connectivity index (χ1) is 14.6. The first kappa shape index (κ1) is 20.0. The molecular weight excluding hydrogens is 380 g/mol. The molecule has 1 amide bonds. The second-order valence-electron chi connectivity index (χ2n) is 7.80. The van der Waals surface area contributed by atoms with Gasteiger partial charge in [-0.15, -0.1) is 5.10 Å². The molecule has 2 aromatic carbocycles. The highest BCUT2D eigenvalue weighted by atomic mass is 16.3. The number of likely N-dealkylation sites (tertiary alicyclic amines) is 1. The molecule has 1 aliphatic rings. The van der Waals surface area contributed by atoms with Crippen molar-refractivity contribution < 1.29 is 14.8 Å². The topological polar surface area (TPSA) is 96.8 Å². The van der Waals surface area contributed by atoms with Crippen LogP contribution in [0.3, 0.4) is 0 Å². The summed E-state index contributed by atoms with van der Waals surface area (Å²) in [5.74, 6) is 0.0356. The van der Waals surface area contributed by atoms with E-state index in [1.54, 1.807) is 10.7 Å². The van der Waals surface area contributed by atoms with Gasteiger partial charge < -0.3 is 10.0 Å². The lowest BCUT2D eigenvalue weighted by Gasteiger charge is -2.24. The maximum atomic E-state index is 12.3. The van der Waals surface area contributed by atoms with Gasteiger partial charge in [0.15, 0.2) is 0 Å². The highest BCUT2D eigenvalue weighted by Gasteiger charge is 2.16. The van der Waals surface area contributed by atoms with Crippen LogP contribution < -0.4 is 10.3 Å². The molecule has 0 aliphatic carbocycles. The van der Waals surface area contributed by atoms with Gasteiger partial charge in [0.05, 0.1) is 24.3 Å². The van der Waals surface area contributed by atoms with E-state index in [2.05, 4.69) is 20.8 Å². The zero-order valence-electron chi connectivity index (χ0n) is 17.1. The summed E-state index contributed by atoms with van der Waals surface area (Å²) in [6.45, 7) is 4.97. The summed E-state index contributed by atoms with van der Waals surface area (Å²) in [7, 11) is 0. The molecule has 3 N–H and O–H groups in total. The van der Waals surface area contributed by atoms with Crippen LogP contribution in [0, 0.1) is 0 Å². The number of carbonyl (C=O) groups excluding carboxylic acids is 1. The Bertz CT molecular complexity index is 1070. The maximum absolute atomic E-state index is 12.3. The van der Waals surface area contributed by atoms with E-state index in [1.165, 1.54) is 24.2 Å². The van der Waals surface area contributed by atoms with E-state index in [-0.39, 0.29) is 12.5 Å². The second-order valence-corrected chi connectivity index (χ2v) is 7.80. The fourth-order valence-electron chi connectivity index (χ4n) is 3.87. The highest BCUT2D eigenvalue weighted by molar-refractivity contribution is 5.99. The summed E-state index contributed by atoms with van der Waals surface area (Å²) in [5, 5.41) is 22.6. The normalized spacial score (nSPS) is 15.4. The van der Waals surface area contributed by atoms with Crippen LogP contribution in [-0.4, -0.2) is 44.8 Å². The minimum Gasteiger partial charge on any atom is -0.507 e. The number of para-hydroxylation sites is 1. The number of nitrogens with zero attached hydrogens (tertiary/aromatic N) is 4. The van der Waals surface area contributed by atoms with E-state index in [0.29, 0.717) is 11.5 Å². The molecule has 8 heteroatoms. The number of fused-ring (bicyclic) bond motifs is 1. The Labute approximate surface area is 175 Å². The van der Waals surface area contributed by atoms with Gasteiger partial charge in [0.25, 0.3) is 5.91 Å². The average molecular weight is 407 g/mol. The van der Waals surface area contributed by atoms with Gasteiger partial charge in [0.1, 0.15) is 24.4 Å². The minimum atomic E-state index is -0.276. The van der Waals surface area contributed by atoms with E-state index < -0.39 is 0 Å². The van der Waals surface area contributed by atoms with Crippen LogP contribution in [0.15, 0.2) is 47.6 Å². The third-order valence-corrected chi connectivity index (χ3v) is 5.56. The van der Waals surface area contributed by atoms with Gasteiger partial charge in [0.2, 0.25) is 0 Å². The van der Waals surface area contributed by atoms with E-state index in [9.17, 15) is 9.90 Å². The Kier molecular flexibility index (Phi) is 6.04. The molecule has 1 aromatic heterocycles. The standard InChI is InChI=1S/C22H26N6O2/c1-16(17-9-10-21(29)18(13-17)14-27-11-5-2-6-12-27)23-25-22(30)15-28-20-8-4-3-7-19(20)24-26-28/h3-4,7-10,13,29H,2,5-6,11-12,14-15H2,1H3,(H,25,30)/p+1/b23-16+. The van der Waals surface area contributed by atoms with Gasteiger partial charge in [-0.3, -0.25) is 4.79 Å². The van der Waals surface area contributed by atoms with Crippen LogP contribution in [0.4, 0.5) is 0 Å². The van der Waals surface area contributed by atoms with Crippen LogP contribution in [-0.2, 0) is 17.9 Å². The number of nitrogens with one attached hydrogen (secondary N) is 2. The van der Waals surface area contributed by atoms with Crippen LogP contribution in [0.5, 0.6) is 5.75 Å². The zero-order chi connectivity index (χ0) is 20.9. The van der Waals surface area contributed by atoms with Gasteiger partial charge in [-0.1, -0.05) is 17.3 Å². The fourth-order valence-corrected chi connectivity index (χ4v) is 3.87. The van der Waals surface area contributed by atoms with E-state index in [1.807, 2.05) is 43.3 Å². The van der Waals surface area contributed by atoms with Crippen LogP contribution >= 0.6 is 0 Å². The van der Waals surface area contributed by atoms with Crippen LogP contribution in [0.1, 0.15) is 37.3 Å². The molecule has 4 rings (SSSR count). The molecule has 30 heavy (non-hydrogen) atoms. The predicted octanol–water partition coefficient (Wildman–Crippen LogP) is 1.25. The fraction of sp³-hybridized carbons (Fsp3) is 0.364. The monoisotopic (exact) mass is 407 g/mol. The molecule has 0 saturated carbocycles. The SMILES string of the molecule is C/C(=N\NC(=O)Cn1nnc2ccccc21)c1ccc(O)c(C[NH+]2CCCCC2)c1. The van der Waals surface area contributed by atoms with Crippen LogP contribution in [0.2, 0.25) is 0 Å². The predicted molar refractivity (Wildman–Crippen MR) is 114 cm³/mol. The smallest absolute Gasteiger partial charge is 0.261 e. The largest absolute Gasteiger partial charge is 0.507 e. The quantitative estimate of drug-likeness (QED) is 0.423. The summed E-state index contributed by atoms with van der Waals surface area (Å²) in [6.07, 6.45) is 3.78. The van der Waals surface area contributed by atoms with E-state index in [4.69, 9.17) is 0 Å². The summed E-state index contributed by atoms with van der Waals surface area (Å²) in [5.41, 5.74) is 6.62. The number of phenolic OH excluding ortho intramolecular Hbond substituents is 1. The molecule has 2 heterocycles. The Morgan fingerprint density at radius 2 is 2.00 bits per heavy atom. The molecule has 0 atom stereocenters. The van der Waals surface area contributed by atoms with Crippen molar-refractivity contribution in [1.82, 2.24) is 20.4 Å². The molecule has 156 valence electrons. The molecule has 8 nitrogen and oxygen atoms in total. The summed E-state index contributed by atoms with van der Waals surface area (Å²) >= 11 is 0. The van der Waals surface area contributed by atoms with Crippen molar-refractivity contribution >= 4 is 22.7 Å². The molecule has 1 aliphatic heterocycles. The summed E-state index contributed by atoms with van der Waals surface area (Å²) in [4.78, 5) is 13.8. The third kappa shape index (κ3) is 4.65. The number of phenols is 1. The van der Waals surface area contributed by atoms with Crippen molar-refractivity contribution in [3.05, 3.63) is 53.6 Å². The number of carbonyl (C=O) groups is 1. The molecule has 0 spiro atoms. The Morgan fingerprint density at radius 3 is 2.83 bits per heavy atom. The van der Waals surface area contributed by atoms with Gasteiger partial charge in [-0.2, -0.15) is 5.10 Å². The number of hydrogen-bond donors (Lipinski definition) is 3. The Balaban J connectivity index is 1.41.